The highest BCUT2D eigenvalue weighted by molar-refractivity contribution is 6.02. The van der Waals surface area contributed by atoms with E-state index in [2.05, 4.69) is 10.6 Å². The molecule has 6 heteroatoms. The minimum absolute atomic E-state index is 0.202. The number of carbonyl (C=O) groups excluding carboxylic acids is 2. The number of aryl methyl sites for hydroxylation is 1. The lowest BCUT2D eigenvalue weighted by molar-refractivity contribution is 0.0946. The van der Waals surface area contributed by atoms with Crippen molar-refractivity contribution < 1.29 is 18.7 Å². The molecule has 0 radical (unpaired) electrons. The van der Waals surface area contributed by atoms with Crippen LogP contribution in [0.2, 0.25) is 0 Å². The summed E-state index contributed by atoms with van der Waals surface area (Å²) in [6.45, 7) is 2.79. The second-order valence-electron chi connectivity index (χ2n) is 5.93. The van der Waals surface area contributed by atoms with Crippen LogP contribution in [0.15, 0.2) is 71.3 Å². The van der Waals surface area contributed by atoms with E-state index in [9.17, 15) is 9.59 Å². The van der Waals surface area contributed by atoms with E-state index in [1.54, 1.807) is 36.4 Å². The number of rotatable bonds is 7. The topological polar surface area (TPSA) is 80.6 Å². The first kappa shape index (κ1) is 18.3. The highest BCUT2D eigenvalue weighted by atomic mass is 16.5. The molecule has 2 N–H and O–H groups in total. The largest absolute Gasteiger partial charge is 0.492 e. The van der Waals surface area contributed by atoms with Crippen LogP contribution < -0.4 is 15.4 Å². The number of hydrogen-bond donors (Lipinski definition) is 2. The van der Waals surface area contributed by atoms with Crippen molar-refractivity contribution in [3.05, 3.63) is 83.8 Å². The van der Waals surface area contributed by atoms with E-state index in [1.165, 1.54) is 11.8 Å². The fourth-order valence-corrected chi connectivity index (χ4v) is 2.38. The first-order valence-corrected chi connectivity index (χ1v) is 8.54. The number of anilines is 1. The number of benzene rings is 2. The third-order valence-electron chi connectivity index (χ3n) is 3.83. The molecule has 0 saturated carbocycles. The summed E-state index contributed by atoms with van der Waals surface area (Å²) in [6.07, 6.45) is 1.44. The number of furan rings is 1. The van der Waals surface area contributed by atoms with Crippen molar-refractivity contribution in [1.29, 1.82) is 0 Å². The maximum atomic E-state index is 12.2. The summed E-state index contributed by atoms with van der Waals surface area (Å²) in [4.78, 5) is 24.1. The second-order valence-corrected chi connectivity index (χ2v) is 5.93. The molecule has 2 amide bonds. The normalized spacial score (nSPS) is 10.3. The molecule has 2 aromatic carbocycles. The van der Waals surface area contributed by atoms with Crippen molar-refractivity contribution in [2.24, 2.45) is 0 Å². The zero-order chi connectivity index (χ0) is 19.1. The molecule has 138 valence electrons. The summed E-state index contributed by atoms with van der Waals surface area (Å²) in [7, 11) is 0. The zero-order valence-corrected chi connectivity index (χ0v) is 14.9. The third kappa shape index (κ3) is 5.22. The summed E-state index contributed by atoms with van der Waals surface area (Å²) in [5.41, 5.74) is 2.25. The lowest BCUT2D eigenvalue weighted by atomic mass is 10.2. The van der Waals surface area contributed by atoms with Crippen LogP contribution in [0.5, 0.6) is 5.75 Å². The SMILES string of the molecule is Cc1ccc(OCCNC(=O)c2ccc(NC(=O)c3ccco3)cc2)cc1. The van der Waals surface area contributed by atoms with Gasteiger partial charge in [-0.3, -0.25) is 9.59 Å². The maximum absolute atomic E-state index is 12.2. The average Bonchev–Trinajstić information content (AvgIpc) is 3.22. The van der Waals surface area contributed by atoms with Crippen molar-refractivity contribution >= 4 is 17.5 Å². The predicted octanol–water partition coefficient (Wildman–Crippen LogP) is 3.65. The number of hydrogen-bond acceptors (Lipinski definition) is 4. The van der Waals surface area contributed by atoms with Gasteiger partial charge in [-0.1, -0.05) is 17.7 Å². The minimum atomic E-state index is -0.342. The highest BCUT2D eigenvalue weighted by Crippen LogP contribution is 2.12. The summed E-state index contributed by atoms with van der Waals surface area (Å²) in [5.74, 6) is 0.453. The summed E-state index contributed by atoms with van der Waals surface area (Å²) in [6, 6.07) is 17.6. The molecule has 0 spiro atoms. The van der Waals surface area contributed by atoms with Gasteiger partial charge in [0.15, 0.2) is 5.76 Å². The molecule has 3 rings (SSSR count). The van der Waals surface area contributed by atoms with Gasteiger partial charge in [0.1, 0.15) is 12.4 Å². The summed E-state index contributed by atoms with van der Waals surface area (Å²) in [5, 5.41) is 5.50. The van der Waals surface area contributed by atoms with Gasteiger partial charge in [0.25, 0.3) is 11.8 Å². The van der Waals surface area contributed by atoms with Gasteiger partial charge in [-0.25, -0.2) is 0 Å². The molecular weight excluding hydrogens is 344 g/mol. The Morgan fingerprint density at radius 2 is 1.70 bits per heavy atom. The molecular formula is C21H20N2O4. The Kier molecular flexibility index (Phi) is 5.89. The van der Waals surface area contributed by atoms with Crippen LogP contribution in [0.1, 0.15) is 26.5 Å². The third-order valence-corrected chi connectivity index (χ3v) is 3.83. The first-order chi connectivity index (χ1) is 13.1. The quantitative estimate of drug-likeness (QED) is 0.627. The monoisotopic (exact) mass is 364 g/mol. The Balaban J connectivity index is 1.44. The Bertz CT molecular complexity index is 885. The maximum Gasteiger partial charge on any atom is 0.291 e. The molecule has 0 atom stereocenters. The van der Waals surface area contributed by atoms with Gasteiger partial charge in [-0.15, -0.1) is 0 Å². The predicted molar refractivity (Wildman–Crippen MR) is 102 cm³/mol. The van der Waals surface area contributed by atoms with Crippen LogP contribution in [-0.2, 0) is 0 Å². The van der Waals surface area contributed by atoms with Gasteiger partial charge >= 0.3 is 0 Å². The van der Waals surface area contributed by atoms with Gasteiger partial charge < -0.3 is 19.8 Å². The zero-order valence-electron chi connectivity index (χ0n) is 14.9. The van der Waals surface area contributed by atoms with Crippen molar-refractivity contribution in [1.82, 2.24) is 5.32 Å². The van der Waals surface area contributed by atoms with E-state index in [4.69, 9.17) is 9.15 Å². The second kappa shape index (κ2) is 8.71. The van der Waals surface area contributed by atoms with E-state index in [0.717, 1.165) is 5.75 Å². The Labute approximate surface area is 157 Å². The Hall–Kier alpha value is -3.54. The molecule has 0 bridgehead atoms. The van der Waals surface area contributed by atoms with E-state index in [1.807, 2.05) is 31.2 Å². The van der Waals surface area contributed by atoms with Crippen LogP contribution in [0, 0.1) is 6.92 Å². The number of carbonyl (C=O) groups is 2. The van der Waals surface area contributed by atoms with Gasteiger partial charge in [0.05, 0.1) is 12.8 Å². The average molecular weight is 364 g/mol. The molecule has 0 saturated heterocycles. The fraction of sp³-hybridized carbons (Fsp3) is 0.143. The van der Waals surface area contributed by atoms with Crippen LogP contribution in [0.4, 0.5) is 5.69 Å². The molecule has 0 aliphatic carbocycles. The Morgan fingerprint density at radius 3 is 2.37 bits per heavy atom. The molecule has 1 aromatic heterocycles. The van der Waals surface area contributed by atoms with Crippen molar-refractivity contribution in [2.75, 3.05) is 18.5 Å². The van der Waals surface area contributed by atoms with Crippen molar-refractivity contribution in [2.45, 2.75) is 6.92 Å². The smallest absolute Gasteiger partial charge is 0.291 e. The van der Waals surface area contributed by atoms with E-state index in [-0.39, 0.29) is 17.6 Å². The van der Waals surface area contributed by atoms with Crippen molar-refractivity contribution in [3.63, 3.8) is 0 Å². The van der Waals surface area contributed by atoms with E-state index in [0.29, 0.717) is 24.4 Å². The fourth-order valence-electron chi connectivity index (χ4n) is 2.38. The number of amides is 2. The molecule has 1 heterocycles. The van der Waals surface area contributed by atoms with E-state index < -0.39 is 0 Å². The minimum Gasteiger partial charge on any atom is -0.492 e. The van der Waals surface area contributed by atoms with Crippen LogP contribution in [0.25, 0.3) is 0 Å². The number of nitrogens with one attached hydrogen (secondary N) is 2. The number of ether oxygens (including phenoxy) is 1. The molecule has 0 aliphatic heterocycles. The van der Waals surface area contributed by atoms with Gasteiger partial charge in [-0.2, -0.15) is 0 Å². The molecule has 6 nitrogen and oxygen atoms in total. The van der Waals surface area contributed by atoms with Crippen LogP contribution >= 0.6 is 0 Å². The Morgan fingerprint density at radius 1 is 0.963 bits per heavy atom. The van der Waals surface area contributed by atoms with Crippen LogP contribution in [-0.4, -0.2) is 25.0 Å². The molecule has 3 aromatic rings. The molecule has 0 aliphatic rings. The van der Waals surface area contributed by atoms with E-state index >= 15 is 0 Å². The summed E-state index contributed by atoms with van der Waals surface area (Å²) < 4.78 is 10.6. The van der Waals surface area contributed by atoms with Gasteiger partial charge in [0.2, 0.25) is 0 Å². The lowest BCUT2D eigenvalue weighted by Crippen LogP contribution is -2.28. The molecule has 0 fully saturated rings. The standard InChI is InChI=1S/C21H20N2O4/c1-15-4-10-18(11-5-15)26-14-12-22-20(24)16-6-8-17(9-7-16)23-21(25)19-3-2-13-27-19/h2-11,13H,12,14H2,1H3,(H,22,24)(H,23,25). The van der Waals surface area contributed by atoms with Gasteiger partial charge in [-0.05, 0) is 55.5 Å². The molecule has 0 unspecified atom stereocenters. The lowest BCUT2D eigenvalue weighted by Gasteiger charge is -2.09. The van der Waals surface area contributed by atoms with Gasteiger partial charge in [0, 0.05) is 11.3 Å². The van der Waals surface area contributed by atoms with Crippen LogP contribution in [0.3, 0.4) is 0 Å². The summed E-state index contributed by atoms with van der Waals surface area (Å²) >= 11 is 0. The van der Waals surface area contributed by atoms with Crippen molar-refractivity contribution in [3.8, 4) is 5.75 Å². The molecule has 27 heavy (non-hydrogen) atoms. The first-order valence-electron chi connectivity index (χ1n) is 8.54. The highest BCUT2D eigenvalue weighted by Gasteiger charge is 2.09.